The third kappa shape index (κ3) is 4.10. The highest BCUT2D eigenvalue weighted by Gasteiger charge is 2.59. The summed E-state index contributed by atoms with van der Waals surface area (Å²) in [4.78, 5) is 11.3. The van der Waals surface area contributed by atoms with Crippen LogP contribution in [0.2, 0.25) is 0 Å². The Morgan fingerprint density at radius 1 is 1.06 bits per heavy atom. The minimum atomic E-state index is -1.21. The van der Waals surface area contributed by atoms with Crippen LogP contribution in [0.15, 0.2) is 11.6 Å². The quantitative estimate of drug-likeness (QED) is 0.412. The number of rotatable bonds is 7. The Morgan fingerprint density at radius 3 is 2.50 bits per heavy atom. The number of aliphatic hydroxyl groups is 1. The molecule has 0 amide bonds. The van der Waals surface area contributed by atoms with Gasteiger partial charge in [0.1, 0.15) is 0 Å². The van der Waals surface area contributed by atoms with E-state index in [9.17, 15) is 15.0 Å². The molecule has 3 saturated carbocycles. The zero-order valence-corrected chi connectivity index (χ0v) is 21.3. The fourth-order valence-corrected chi connectivity index (χ4v) is 9.18. The van der Waals surface area contributed by atoms with E-state index in [1.807, 2.05) is 0 Å². The summed E-state index contributed by atoms with van der Waals surface area (Å²) in [6, 6.07) is 0. The molecule has 0 radical (unpaired) electrons. The highest BCUT2D eigenvalue weighted by atomic mass is 16.4. The fraction of sp³-hybridized carbons (Fsp3) is 0.897. The summed E-state index contributed by atoms with van der Waals surface area (Å²) in [5.74, 6) is 3.80. The molecule has 0 aromatic rings. The summed E-state index contributed by atoms with van der Waals surface area (Å²) < 4.78 is 0. The second-order valence-electron chi connectivity index (χ2n) is 13.1. The molecule has 4 rings (SSSR count). The maximum absolute atomic E-state index is 11.3. The van der Waals surface area contributed by atoms with Gasteiger partial charge in [-0.25, -0.2) is 4.79 Å². The van der Waals surface area contributed by atoms with E-state index in [4.69, 9.17) is 0 Å². The number of hydrogen-bond acceptors (Lipinski definition) is 2. The van der Waals surface area contributed by atoms with Crippen molar-refractivity contribution in [3.05, 3.63) is 11.6 Å². The van der Waals surface area contributed by atoms with E-state index in [1.54, 1.807) is 0 Å². The first kappa shape index (κ1) is 24.3. The largest absolute Gasteiger partial charge is 0.479 e. The standard InChI is InChI=1S/C29H48O3/c1-18(2)7-6-8-19(3)23-11-12-24-22-10-9-21-17-20(26(30)27(31)32)13-15-28(21,4)25(22)14-16-29(23,24)5/h9,18-20,22-26,30H,6-8,10-17H2,1-5H3,(H,31,32)/t19-,20?,22?,23-,24?,25?,26?,28+,29-/m1/s1. The lowest BCUT2D eigenvalue weighted by atomic mass is 9.46. The van der Waals surface area contributed by atoms with Crippen LogP contribution in [-0.4, -0.2) is 22.3 Å². The van der Waals surface area contributed by atoms with Gasteiger partial charge in [-0.3, -0.25) is 0 Å². The van der Waals surface area contributed by atoms with Crippen LogP contribution < -0.4 is 0 Å². The lowest BCUT2D eigenvalue weighted by Crippen LogP contribution is -2.51. The highest BCUT2D eigenvalue weighted by Crippen LogP contribution is 2.67. The van der Waals surface area contributed by atoms with Gasteiger partial charge in [-0.05, 0) is 104 Å². The molecule has 4 aliphatic rings. The van der Waals surface area contributed by atoms with Gasteiger partial charge in [0.2, 0.25) is 0 Å². The maximum atomic E-state index is 11.3. The van der Waals surface area contributed by atoms with Crippen molar-refractivity contribution in [2.24, 2.45) is 52.3 Å². The van der Waals surface area contributed by atoms with Crippen molar-refractivity contribution in [3.8, 4) is 0 Å². The molecule has 0 aromatic heterocycles. The second-order valence-corrected chi connectivity index (χ2v) is 13.1. The first-order valence-corrected chi connectivity index (χ1v) is 13.7. The van der Waals surface area contributed by atoms with Crippen LogP contribution in [0.25, 0.3) is 0 Å². The van der Waals surface area contributed by atoms with Crippen molar-refractivity contribution < 1.29 is 15.0 Å². The average molecular weight is 445 g/mol. The lowest BCUT2D eigenvalue weighted by molar-refractivity contribution is -0.150. The van der Waals surface area contributed by atoms with Gasteiger partial charge >= 0.3 is 5.97 Å². The minimum Gasteiger partial charge on any atom is -0.479 e. The monoisotopic (exact) mass is 444 g/mol. The molecule has 32 heavy (non-hydrogen) atoms. The number of allylic oxidation sites excluding steroid dienone is 2. The molecule has 3 fully saturated rings. The first-order chi connectivity index (χ1) is 15.1. The minimum absolute atomic E-state index is 0.111. The van der Waals surface area contributed by atoms with E-state index in [-0.39, 0.29) is 11.3 Å². The third-order valence-corrected chi connectivity index (χ3v) is 11.0. The van der Waals surface area contributed by atoms with E-state index >= 15 is 0 Å². The van der Waals surface area contributed by atoms with Crippen LogP contribution in [0.1, 0.15) is 105 Å². The molecule has 2 N–H and O–H groups in total. The van der Waals surface area contributed by atoms with Gasteiger partial charge < -0.3 is 10.2 Å². The Balaban J connectivity index is 1.48. The molecule has 9 atom stereocenters. The fourth-order valence-electron chi connectivity index (χ4n) is 9.18. The summed E-state index contributed by atoms with van der Waals surface area (Å²) in [5.41, 5.74) is 2.20. The van der Waals surface area contributed by atoms with Crippen molar-refractivity contribution in [2.45, 2.75) is 111 Å². The molecule has 0 aromatic carbocycles. The summed E-state index contributed by atoms with van der Waals surface area (Å²) >= 11 is 0. The van der Waals surface area contributed by atoms with Crippen molar-refractivity contribution in [3.63, 3.8) is 0 Å². The van der Waals surface area contributed by atoms with E-state index in [2.05, 4.69) is 40.7 Å². The Hall–Kier alpha value is -0.830. The van der Waals surface area contributed by atoms with E-state index < -0.39 is 12.1 Å². The zero-order chi connectivity index (χ0) is 23.3. The third-order valence-electron chi connectivity index (χ3n) is 11.0. The van der Waals surface area contributed by atoms with E-state index in [1.165, 1.54) is 56.9 Å². The Labute approximate surface area is 196 Å². The molecule has 4 aliphatic carbocycles. The van der Waals surface area contributed by atoms with Crippen LogP contribution in [-0.2, 0) is 4.79 Å². The molecular weight excluding hydrogens is 396 g/mol. The van der Waals surface area contributed by atoms with Crippen molar-refractivity contribution in [2.75, 3.05) is 0 Å². The molecule has 3 heteroatoms. The van der Waals surface area contributed by atoms with E-state index in [0.29, 0.717) is 5.41 Å². The van der Waals surface area contributed by atoms with Crippen LogP contribution in [0, 0.1) is 52.3 Å². The summed E-state index contributed by atoms with van der Waals surface area (Å²) in [6.07, 6.45) is 14.8. The van der Waals surface area contributed by atoms with Gasteiger partial charge in [-0.15, -0.1) is 0 Å². The maximum Gasteiger partial charge on any atom is 0.332 e. The molecular formula is C29H48O3. The number of carboxylic acids is 1. The smallest absolute Gasteiger partial charge is 0.332 e. The van der Waals surface area contributed by atoms with Crippen LogP contribution in [0.3, 0.4) is 0 Å². The van der Waals surface area contributed by atoms with Gasteiger partial charge in [0, 0.05) is 0 Å². The van der Waals surface area contributed by atoms with Gasteiger partial charge in [0.25, 0.3) is 0 Å². The molecule has 0 bridgehead atoms. The van der Waals surface area contributed by atoms with Crippen molar-refractivity contribution >= 4 is 5.97 Å². The Kier molecular flexibility index (Phi) is 6.90. The zero-order valence-electron chi connectivity index (χ0n) is 21.3. The van der Waals surface area contributed by atoms with E-state index in [0.717, 1.165) is 54.8 Å². The molecule has 3 nitrogen and oxygen atoms in total. The topological polar surface area (TPSA) is 57.5 Å². The lowest BCUT2D eigenvalue weighted by Gasteiger charge is -2.58. The molecule has 182 valence electrons. The molecule has 5 unspecified atom stereocenters. The molecule has 0 spiro atoms. The number of aliphatic carboxylic acids is 1. The van der Waals surface area contributed by atoms with Crippen molar-refractivity contribution in [1.29, 1.82) is 0 Å². The first-order valence-electron chi connectivity index (χ1n) is 13.7. The molecule has 0 aliphatic heterocycles. The summed E-state index contributed by atoms with van der Waals surface area (Å²) in [7, 11) is 0. The number of carboxylic acid groups (broad SMARTS) is 1. The molecule has 0 saturated heterocycles. The predicted octanol–water partition coefficient (Wildman–Crippen LogP) is 7.09. The Bertz CT molecular complexity index is 726. The predicted molar refractivity (Wildman–Crippen MR) is 130 cm³/mol. The Morgan fingerprint density at radius 2 is 1.81 bits per heavy atom. The van der Waals surface area contributed by atoms with Crippen molar-refractivity contribution in [1.82, 2.24) is 0 Å². The second kappa shape index (κ2) is 9.08. The SMILES string of the molecule is CC(C)CCC[C@@H](C)[C@H]1CCC2C3CC=C4CC(C(O)C(=O)O)CC[C@]4(C)C3CC[C@@]21C. The van der Waals surface area contributed by atoms with Crippen LogP contribution in [0.4, 0.5) is 0 Å². The normalized spacial score (nSPS) is 43.1. The molecule has 0 heterocycles. The summed E-state index contributed by atoms with van der Waals surface area (Å²) in [6.45, 7) is 12.4. The van der Waals surface area contributed by atoms with Gasteiger partial charge in [-0.2, -0.15) is 0 Å². The van der Waals surface area contributed by atoms with Gasteiger partial charge in [-0.1, -0.05) is 65.5 Å². The average Bonchev–Trinajstić information content (AvgIpc) is 3.09. The van der Waals surface area contributed by atoms with Crippen LogP contribution >= 0.6 is 0 Å². The van der Waals surface area contributed by atoms with Gasteiger partial charge in [0.05, 0.1) is 0 Å². The summed E-state index contributed by atoms with van der Waals surface area (Å²) in [5, 5.41) is 19.5. The van der Waals surface area contributed by atoms with Crippen LogP contribution in [0.5, 0.6) is 0 Å². The highest BCUT2D eigenvalue weighted by molar-refractivity contribution is 5.72. The number of fused-ring (bicyclic) bond motifs is 5. The number of hydrogen-bond donors (Lipinski definition) is 2. The van der Waals surface area contributed by atoms with Gasteiger partial charge in [0.15, 0.2) is 6.10 Å². The number of carbonyl (C=O) groups is 1. The number of aliphatic hydroxyl groups excluding tert-OH is 1.